The molecule has 0 saturated carbocycles. The summed E-state index contributed by atoms with van der Waals surface area (Å²) >= 11 is 2.96. The summed E-state index contributed by atoms with van der Waals surface area (Å²) in [4.78, 5) is 16.6. The summed E-state index contributed by atoms with van der Waals surface area (Å²) in [5.41, 5.74) is 1.09. The Morgan fingerprint density at radius 1 is 1.38 bits per heavy atom. The maximum Gasteiger partial charge on any atom is 0.237 e. The lowest BCUT2D eigenvalue weighted by atomic mass is 10.3. The number of furan rings is 1. The molecule has 1 N–H and O–H groups in total. The molecule has 0 spiro atoms. The largest absolute Gasteiger partial charge is 0.462 e. The summed E-state index contributed by atoms with van der Waals surface area (Å²) in [5.74, 6) is 0.669. The van der Waals surface area contributed by atoms with E-state index < -0.39 is 5.82 Å². The van der Waals surface area contributed by atoms with Gasteiger partial charge in [-0.1, -0.05) is 12.1 Å². The average molecular weight is 362 g/mol. The molecule has 0 unspecified atom stereocenters. The maximum atomic E-state index is 13.6. The average Bonchev–Trinajstić information content (AvgIpc) is 3.25. The molecule has 1 aromatic carbocycles. The number of carbonyl (C=O) groups excluding carboxylic acids is 1. The number of carbonyl (C=O) groups is 1. The van der Waals surface area contributed by atoms with Gasteiger partial charge < -0.3 is 9.73 Å². The molecule has 0 radical (unpaired) electrons. The second kappa shape index (κ2) is 7.63. The highest BCUT2D eigenvalue weighted by Gasteiger charge is 2.16. The van der Waals surface area contributed by atoms with Gasteiger partial charge in [0.1, 0.15) is 5.82 Å². The molecule has 1 amide bonds. The number of hydrogen-bond donors (Lipinski definition) is 1. The van der Waals surface area contributed by atoms with Gasteiger partial charge >= 0.3 is 0 Å². The number of rotatable bonds is 6. The van der Waals surface area contributed by atoms with E-state index in [-0.39, 0.29) is 16.8 Å². The quantitative estimate of drug-likeness (QED) is 0.684. The molecule has 124 valence electrons. The topological polar surface area (TPSA) is 55.1 Å². The molecule has 0 aliphatic heterocycles. The van der Waals surface area contributed by atoms with Crippen LogP contribution in [-0.4, -0.2) is 16.1 Å². The Bertz CT molecular complexity index is 818. The lowest BCUT2D eigenvalue weighted by Crippen LogP contribution is -2.23. The van der Waals surface area contributed by atoms with E-state index in [9.17, 15) is 9.18 Å². The number of hydrogen-bond acceptors (Lipinski definition) is 5. The van der Waals surface area contributed by atoms with Gasteiger partial charge in [-0.3, -0.25) is 4.79 Å². The van der Waals surface area contributed by atoms with Crippen LogP contribution in [0.3, 0.4) is 0 Å². The van der Waals surface area contributed by atoms with Gasteiger partial charge in [-0.15, -0.1) is 23.1 Å². The number of thiazole rings is 1. The van der Waals surface area contributed by atoms with Gasteiger partial charge in [-0.25, -0.2) is 9.37 Å². The fourth-order valence-electron chi connectivity index (χ4n) is 1.97. The van der Waals surface area contributed by atoms with E-state index in [1.807, 2.05) is 17.5 Å². The van der Waals surface area contributed by atoms with Crippen molar-refractivity contribution in [3.8, 4) is 10.8 Å². The second-order valence-electron chi connectivity index (χ2n) is 5.04. The van der Waals surface area contributed by atoms with Crippen molar-refractivity contribution in [3.63, 3.8) is 0 Å². The minimum atomic E-state index is -0.439. The Balaban J connectivity index is 1.54. The summed E-state index contributed by atoms with van der Waals surface area (Å²) in [7, 11) is 0. The molecule has 24 heavy (non-hydrogen) atoms. The lowest BCUT2D eigenvalue weighted by Gasteiger charge is -2.11. The molecule has 1 atom stereocenters. The van der Waals surface area contributed by atoms with Gasteiger partial charge in [0, 0.05) is 11.1 Å². The third kappa shape index (κ3) is 4.04. The van der Waals surface area contributed by atoms with Crippen LogP contribution >= 0.6 is 23.1 Å². The van der Waals surface area contributed by atoms with Crippen LogP contribution in [0.4, 0.5) is 10.1 Å². The number of halogens is 1. The van der Waals surface area contributed by atoms with Crippen LogP contribution in [0.15, 0.2) is 52.5 Å². The number of para-hydroxylation sites is 1. The van der Waals surface area contributed by atoms with E-state index in [1.165, 1.54) is 29.2 Å². The Morgan fingerprint density at radius 2 is 2.21 bits per heavy atom. The molecule has 7 heteroatoms. The normalized spacial score (nSPS) is 12.1. The number of amides is 1. The first-order chi connectivity index (χ1) is 11.6. The Kier molecular flexibility index (Phi) is 5.32. The molecule has 0 fully saturated rings. The summed E-state index contributed by atoms with van der Waals surface area (Å²) in [6.07, 6.45) is 1.61. The van der Waals surface area contributed by atoms with Crippen LogP contribution in [0.25, 0.3) is 10.8 Å². The Labute approximate surface area is 147 Å². The highest BCUT2D eigenvalue weighted by molar-refractivity contribution is 7.99. The monoisotopic (exact) mass is 362 g/mol. The molecule has 0 aliphatic rings. The smallest absolute Gasteiger partial charge is 0.237 e. The van der Waals surface area contributed by atoms with Gasteiger partial charge in [-0.05, 0) is 31.2 Å². The Hall–Kier alpha value is -2.12. The van der Waals surface area contributed by atoms with Crippen molar-refractivity contribution in [1.29, 1.82) is 0 Å². The molecule has 3 aromatic rings. The zero-order chi connectivity index (χ0) is 16.9. The van der Waals surface area contributed by atoms with Crippen molar-refractivity contribution in [3.05, 3.63) is 59.6 Å². The van der Waals surface area contributed by atoms with E-state index in [1.54, 1.807) is 31.4 Å². The minimum Gasteiger partial charge on any atom is -0.462 e. The zero-order valence-corrected chi connectivity index (χ0v) is 14.5. The first kappa shape index (κ1) is 16.7. The Morgan fingerprint density at radius 3 is 2.96 bits per heavy atom. The fraction of sp³-hybridized carbons (Fsp3) is 0.176. The summed E-state index contributed by atoms with van der Waals surface area (Å²) in [6.45, 7) is 1.79. The van der Waals surface area contributed by atoms with Gasteiger partial charge in [0.05, 0.1) is 22.9 Å². The van der Waals surface area contributed by atoms with E-state index in [0.29, 0.717) is 5.75 Å². The number of aromatic nitrogens is 1. The predicted molar refractivity (Wildman–Crippen MR) is 95.6 cm³/mol. The molecule has 0 aliphatic carbocycles. The number of nitrogens with one attached hydrogen (secondary N) is 1. The number of anilines is 1. The molecule has 0 saturated heterocycles. The van der Waals surface area contributed by atoms with Crippen LogP contribution in [0.5, 0.6) is 0 Å². The maximum absolute atomic E-state index is 13.6. The van der Waals surface area contributed by atoms with E-state index in [4.69, 9.17) is 4.42 Å². The highest BCUT2D eigenvalue weighted by Crippen LogP contribution is 2.27. The van der Waals surface area contributed by atoms with Gasteiger partial charge in [0.2, 0.25) is 5.91 Å². The summed E-state index contributed by atoms with van der Waals surface area (Å²) < 4.78 is 18.9. The molecule has 2 aromatic heterocycles. The van der Waals surface area contributed by atoms with E-state index in [2.05, 4.69) is 10.3 Å². The van der Waals surface area contributed by atoms with Gasteiger partial charge in [-0.2, -0.15) is 0 Å². The van der Waals surface area contributed by atoms with Crippen molar-refractivity contribution < 1.29 is 13.6 Å². The summed E-state index contributed by atoms with van der Waals surface area (Å²) in [6, 6.07) is 9.81. The third-order valence-corrected chi connectivity index (χ3v) is 5.35. The van der Waals surface area contributed by atoms with Gasteiger partial charge in [0.25, 0.3) is 0 Å². The minimum absolute atomic E-state index is 0.198. The lowest BCUT2D eigenvalue weighted by molar-refractivity contribution is -0.115. The molecule has 0 bridgehead atoms. The fourth-order valence-corrected chi connectivity index (χ4v) is 3.64. The summed E-state index contributed by atoms with van der Waals surface area (Å²) in [5, 5.41) is 5.05. The van der Waals surface area contributed by atoms with E-state index in [0.717, 1.165) is 16.5 Å². The molecule has 2 heterocycles. The van der Waals surface area contributed by atoms with Crippen molar-refractivity contribution in [1.82, 2.24) is 4.98 Å². The first-order valence-electron chi connectivity index (χ1n) is 7.29. The molecule has 3 rings (SSSR count). The van der Waals surface area contributed by atoms with Crippen LogP contribution in [0.2, 0.25) is 0 Å². The number of thioether (sulfide) groups is 1. The SMILES string of the molecule is C[C@H](SCc1csc(-c2ccco2)n1)C(=O)Nc1ccccc1F. The highest BCUT2D eigenvalue weighted by atomic mass is 32.2. The third-order valence-electron chi connectivity index (χ3n) is 3.27. The predicted octanol–water partition coefficient (Wildman–Crippen LogP) is 4.80. The standard InChI is InChI=1S/C17H15FN2O2S2/c1-11(16(21)20-14-6-3-2-5-13(14)18)23-9-12-10-24-17(19-12)15-7-4-8-22-15/h2-8,10-11H,9H2,1H3,(H,20,21)/t11-/m0/s1. The van der Waals surface area contributed by atoms with Crippen molar-refractivity contribution in [2.45, 2.75) is 17.9 Å². The van der Waals surface area contributed by atoms with Crippen LogP contribution < -0.4 is 5.32 Å². The second-order valence-corrected chi connectivity index (χ2v) is 7.23. The van der Waals surface area contributed by atoms with Crippen molar-refractivity contribution in [2.75, 3.05) is 5.32 Å². The molecular formula is C17H15FN2O2S2. The van der Waals surface area contributed by atoms with Crippen molar-refractivity contribution in [2.24, 2.45) is 0 Å². The van der Waals surface area contributed by atoms with Gasteiger partial charge in [0.15, 0.2) is 10.8 Å². The molecule has 4 nitrogen and oxygen atoms in total. The van der Waals surface area contributed by atoms with Crippen LogP contribution in [0.1, 0.15) is 12.6 Å². The van der Waals surface area contributed by atoms with Crippen LogP contribution in [0, 0.1) is 5.82 Å². The van der Waals surface area contributed by atoms with Crippen LogP contribution in [-0.2, 0) is 10.5 Å². The van der Waals surface area contributed by atoms with E-state index >= 15 is 0 Å². The molecular weight excluding hydrogens is 347 g/mol. The van der Waals surface area contributed by atoms with Crippen molar-refractivity contribution >= 4 is 34.7 Å². The zero-order valence-electron chi connectivity index (χ0n) is 12.9. The first-order valence-corrected chi connectivity index (χ1v) is 9.21. The number of benzene rings is 1. The number of nitrogens with zero attached hydrogens (tertiary/aromatic N) is 1.